The molecule has 0 amide bonds. The first kappa shape index (κ1) is 16.5. The van der Waals surface area contributed by atoms with Gasteiger partial charge in [0.15, 0.2) is 0 Å². The Hall–Kier alpha value is -2.86. The summed E-state index contributed by atoms with van der Waals surface area (Å²) in [6.07, 6.45) is 13.0. The summed E-state index contributed by atoms with van der Waals surface area (Å²) in [6, 6.07) is 0. The topological polar surface area (TPSA) is 43.4 Å². The van der Waals surface area contributed by atoms with E-state index in [0.717, 1.165) is 11.1 Å². The van der Waals surface area contributed by atoms with Crippen LogP contribution in [-0.2, 0) is 14.3 Å². The third-order valence-electron chi connectivity index (χ3n) is 3.67. The maximum Gasteiger partial charge on any atom is 0.131 e. The van der Waals surface area contributed by atoms with Gasteiger partial charge in [-0.15, -0.1) is 13.2 Å². The molecular weight excluding hydrogens is 288 g/mol. The van der Waals surface area contributed by atoms with Crippen LogP contribution in [0.5, 0.6) is 0 Å². The van der Waals surface area contributed by atoms with Crippen LogP contribution in [0.15, 0.2) is 83.4 Å². The number of hydrogen-bond acceptors (Lipinski definition) is 3. The van der Waals surface area contributed by atoms with Crippen molar-refractivity contribution < 1.29 is 14.3 Å². The summed E-state index contributed by atoms with van der Waals surface area (Å²) >= 11 is 0. The Morgan fingerprint density at radius 1 is 0.913 bits per heavy atom. The monoisotopic (exact) mass is 306 g/mol. The third-order valence-corrected chi connectivity index (χ3v) is 3.67. The van der Waals surface area contributed by atoms with Gasteiger partial charge >= 0.3 is 0 Å². The summed E-state index contributed by atoms with van der Waals surface area (Å²) in [6.45, 7) is 7.45. The molecule has 0 radical (unpaired) electrons. The molecule has 3 nitrogen and oxygen atoms in total. The molecule has 0 saturated heterocycles. The Morgan fingerprint density at radius 3 is 1.70 bits per heavy atom. The predicted octanol–water partition coefficient (Wildman–Crippen LogP) is 4.10. The van der Waals surface area contributed by atoms with Crippen LogP contribution in [0.25, 0.3) is 0 Å². The van der Waals surface area contributed by atoms with E-state index in [9.17, 15) is 9.59 Å². The zero-order valence-corrected chi connectivity index (χ0v) is 12.9. The Morgan fingerprint density at radius 2 is 1.35 bits per heavy atom. The lowest BCUT2D eigenvalue weighted by Crippen LogP contribution is -2.06. The Kier molecular flexibility index (Phi) is 5.71. The van der Waals surface area contributed by atoms with Crippen molar-refractivity contribution in [2.45, 2.75) is 25.7 Å². The molecule has 116 valence electrons. The van der Waals surface area contributed by atoms with Crippen molar-refractivity contribution in [3.05, 3.63) is 83.4 Å². The lowest BCUT2D eigenvalue weighted by atomic mass is 9.94. The van der Waals surface area contributed by atoms with E-state index in [0.29, 0.717) is 48.3 Å². The van der Waals surface area contributed by atoms with Crippen LogP contribution in [0.3, 0.4) is 0 Å². The van der Waals surface area contributed by atoms with Crippen molar-refractivity contribution >= 4 is 11.9 Å². The second-order valence-corrected chi connectivity index (χ2v) is 5.15. The third kappa shape index (κ3) is 3.67. The minimum absolute atomic E-state index is 0.522. The average Bonchev–Trinajstić information content (AvgIpc) is 2.58. The lowest BCUT2D eigenvalue weighted by molar-refractivity contribution is 0.324. The summed E-state index contributed by atoms with van der Waals surface area (Å²) in [7, 11) is 0. The fraction of sp³-hybridized carbons (Fsp3) is 0.200. The van der Waals surface area contributed by atoms with Gasteiger partial charge in [-0.25, -0.2) is 9.59 Å². The van der Waals surface area contributed by atoms with Gasteiger partial charge in [-0.3, -0.25) is 0 Å². The van der Waals surface area contributed by atoms with E-state index >= 15 is 0 Å². The fourth-order valence-electron chi connectivity index (χ4n) is 2.57. The Labute approximate surface area is 136 Å². The number of rotatable bonds is 6. The molecular formula is C20H18O3. The van der Waals surface area contributed by atoms with Crippen LogP contribution >= 0.6 is 0 Å². The first-order valence-electron chi connectivity index (χ1n) is 7.42. The zero-order chi connectivity index (χ0) is 16.7. The molecule has 2 aliphatic carbocycles. The normalized spacial score (nSPS) is 17.0. The lowest BCUT2D eigenvalue weighted by Gasteiger charge is -2.21. The fourth-order valence-corrected chi connectivity index (χ4v) is 2.57. The molecule has 0 N–H and O–H groups in total. The molecule has 0 atom stereocenters. The first-order chi connectivity index (χ1) is 11.2. The molecule has 23 heavy (non-hydrogen) atoms. The summed E-state index contributed by atoms with van der Waals surface area (Å²) in [5.41, 5.74) is 2.69. The van der Waals surface area contributed by atoms with E-state index in [-0.39, 0.29) is 0 Å². The maximum atomic E-state index is 11.1. The highest BCUT2D eigenvalue weighted by atomic mass is 16.5. The molecule has 0 heterocycles. The zero-order valence-electron chi connectivity index (χ0n) is 12.9. The van der Waals surface area contributed by atoms with Gasteiger partial charge in [0.2, 0.25) is 0 Å². The molecule has 0 saturated carbocycles. The molecule has 0 aromatic carbocycles. The van der Waals surface area contributed by atoms with Gasteiger partial charge in [0, 0.05) is 35.1 Å². The smallest absolute Gasteiger partial charge is 0.131 e. The van der Waals surface area contributed by atoms with Crippen LogP contribution in [0.4, 0.5) is 0 Å². The summed E-state index contributed by atoms with van der Waals surface area (Å²) in [4.78, 5) is 22.3. The van der Waals surface area contributed by atoms with Crippen LogP contribution < -0.4 is 0 Å². The molecule has 0 unspecified atom stereocenters. The van der Waals surface area contributed by atoms with Gasteiger partial charge in [-0.2, -0.15) is 0 Å². The molecule has 0 aromatic rings. The van der Waals surface area contributed by atoms with E-state index < -0.39 is 0 Å². The highest BCUT2D eigenvalue weighted by Gasteiger charge is 2.20. The molecule has 0 bridgehead atoms. The molecule has 0 aliphatic heterocycles. The minimum Gasteiger partial charge on any atom is -0.457 e. The van der Waals surface area contributed by atoms with E-state index in [1.54, 1.807) is 12.2 Å². The second kappa shape index (κ2) is 7.95. The number of ether oxygens (including phenoxy) is 1. The van der Waals surface area contributed by atoms with Crippen molar-refractivity contribution in [1.82, 2.24) is 0 Å². The van der Waals surface area contributed by atoms with Gasteiger partial charge in [0.05, 0.1) is 0 Å². The van der Waals surface area contributed by atoms with Gasteiger partial charge in [0.1, 0.15) is 23.4 Å². The first-order valence-corrected chi connectivity index (χ1v) is 7.42. The largest absolute Gasteiger partial charge is 0.457 e. The van der Waals surface area contributed by atoms with E-state index in [1.807, 2.05) is 36.2 Å². The van der Waals surface area contributed by atoms with Gasteiger partial charge in [-0.05, 0) is 25.0 Å². The summed E-state index contributed by atoms with van der Waals surface area (Å²) in [5.74, 6) is 5.12. The molecule has 2 rings (SSSR count). The van der Waals surface area contributed by atoms with Crippen molar-refractivity contribution in [3.8, 4) is 0 Å². The van der Waals surface area contributed by atoms with E-state index in [1.165, 1.54) is 0 Å². The van der Waals surface area contributed by atoms with Crippen molar-refractivity contribution in [2.24, 2.45) is 0 Å². The number of hydrogen-bond donors (Lipinski definition) is 0. The van der Waals surface area contributed by atoms with Crippen LogP contribution in [0, 0.1) is 0 Å². The molecule has 0 aromatic heterocycles. The highest BCUT2D eigenvalue weighted by Crippen LogP contribution is 2.32. The van der Waals surface area contributed by atoms with Gasteiger partial charge in [0.25, 0.3) is 0 Å². The van der Waals surface area contributed by atoms with E-state index in [4.69, 9.17) is 4.74 Å². The SMILES string of the molecule is C=CCC1=C(OC2=C(CC=C)C(=C=O)CC=C2)C=CCC1=C=O. The Balaban J connectivity index is 2.48. The number of allylic oxidation sites excluding steroid dienone is 10. The minimum atomic E-state index is 0.522. The predicted molar refractivity (Wildman–Crippen MR) is 90.7 cm³/mol. The summed E-state index contributed by atoms with van der Waals surface area (Å²) < 4.78 is 6.02. The van der Waals surface area contributed by atoms with Crippen molar-refractivity contribution in [1.29, 1.82) is 0 Å². The Bertz CT molecular complexity index is 680. The maximum absolute atomic E-state index is 11.1. The van der Waals surface area contributed by atoms with E-state index in [2.05, 4.69) is 13.2 Å². The van der Waals surface area contributed by atoms with Crippen molar-refractivity contribution in [3.63, 3.8) is 0 Å². The molecule has 3 heteroatoms. The quantitative estimate of drug-likeness (QED) is 0.548. The van der Waals surface area contributed by atoms with Crippen LogP contribution in [0.2, 0.25) is 0 Å². The van der Waals surface area contributed by atoms with Gasteiger partial charge in [-0.1, -0.05) is 24.3 Å². The van der Waals surface area contributed by atoms with Crippen LogP contribution in [0.1, 0.15) is 25.7 Å². The summed E-state index contributed by atoms with van der Waals surface area (Å²) in [5, 5.41) is 0. The average molecular weight is 306 g/mol. The molecule has 0 spiro atoms. The second-order valence-electron chi connectivity index (χ2n) is 5.15. The highest BCUT2D eigenvalue weighted by molar-refractivity contribution is 5.66. The standard InChI is InChI=1S/C20H18O3/c1-3-7-17-15(13-21)9-5-11-19(17)23-20-12-6-10-16(14-22)18(20)8-4-2/h3-6,11-12H,1-2,7-10H2. The van der Waals surface area contributed by atoms with Gasteiger partial charge < -0.3 is 4.74 Å². The van der Waals surface area contributed by atoms with Crippen LogP contribution in [-0.4, -0.2) is 11.9 Å². The number of carbonyl (C=O) groups excluding carboxylic acids is 2. The molecule has 0 fully saturated rings. The van der Waals surface area contributed by atoms with Crippen molar-refractivity contribution in [2.75, 3.05) is 0 Å². The molecule has 2 aliphatic rings.